The Hall–Kier alpha value is -2.05. The first-order valence-electron chi connectivity index (χ1n) is 4.47. The molecular weight excluding hydrogens is 216 g/mol. The molecule has 0 aromatic rings. The van der Waals surface area contributed by atoms with E-state index in [1.54, 1.807) is 0 Å². The minimum atomic E-state index is -0.544. The van der Waals surface area contributed by atoms with Gasteiger partial charge in [-0.15, -0.1) is 0 Å². The van der Waals surface area contributed by atoms with Crippen LogP contribution in [0.5, 0.6) is 0 Å². The number of ether oxygens (including phenoxy) is 2. The van der Waals surface area contributed by atoms with E-state index in [4.69, 9.17) is 4.74 Å². The van der Waals surface area contributed by atoms with E-state index in [1.807, 2.05) is 0 Å². The lowest BCUT2D eigenvalue weighted by molar-refractivity contribution is -0.141. The third-order valence-corrected chi connectivity index (χ3v) is 1.99. The summed E-state index contributed by atoms with van der Waals surface area (Å²) in [6, 6.07) is -0.544. The van der Waals surface area contributed by atoms with E-state index >= 15 is 0 Å². The lowest BCUT2D eigenvalue weighted by Gasteiger charge is -2.08. The molecule has 0 saturated carbocycles. The normalized spacial score (nSPS) is 18.3. The fraction of sp³-hybridized carbons (Fsp3) is 0.444. The summed E-state index contributed by atoms with van der Waals surface area (Å²) < 4.78 is 9.57. The van der Waals surface area contributed by atoms with Gasteiger partial charge >= 0.3 is 12.0 Å². The Kier molecular flexibility index (Phi) is 3.49. The highest BCUT2D eigenvalue weighted by molar-refractivity contribution is 6.11. The molecule has 1 heterocycles. The molecule has 1 N–H and O–H groups in total. The van der Waals surface area contributed by atoms with Crippen molar-refractivity contribution < 1.29 is 23.9 Å². The third-order valence-electron chi connectivity index (χ3n) is 1.99. The first kappa shape index (κ1) is 12.0. The van der Waals surface area contributed by atoms with Crippen LogP contribution in [0.3, 0.4) is 0 Å². The number of hydrogen-bond donors (Lipinski definition) is 1. The average Bonchev–Trinajstić information content (AvgIpc) is 2.47. The van der Waals surface area contributed by atoms with Crippen molar-refractivity contribution in [2.45, 2.75) is 6.92 Å². The van der Waals surface area contributed by atoms with Crippen LogP contribution in [0.15, 0.2) is 11.5 Å². The molecule has 1 aliphatic rings. The quantitative estimate of drug-likeness (QED) is 0.307. The Balaban J connectivity index is 2.88. The number of esters is 1. The lowest BCUT2D eigenvalue weighted by atomic mass is 10.3. The maximum Gasteiger partial charge on any atom is 0.328 e. The SMILES string of the molecule is COC(COC(C)=O)=C1NC(=O)N(C)C1=O. The number of nitrogens with one attached hydrogen (secondary N) is 1. The number of carbonyl (C=O) groups is 3. The van der Waals surface area contributed by atoms with Gasteiger partial charge in [-0.1, -0.05) is 0 Å². The van der Waals surface area contributed by atoms with Gasteiger partial charge in [-0.25, -0.2) is 4.79 Å². The molecule has 1 aliphatic heterocycles. The summed E-state index contributed by atoms with van der Waals surface area (Å²) in [5.41, 5.74) is -0.00347. The van der Waals surface area contributed by atoms with Crippen LogP contribution in [0.4, 0.5) is 4.79 Å². The van der Waals surface area contributed by atoms with Gasteiger partial charge in [-0.05, 0) is 0 Å². The van der Waals surface area contributed by atoms with E-state index in [-0.39, 0.29) is 18.1 Å². The molecular formula is C9H12N2O5. The highest BCUT2D eigenvalue weighted by Gasteiger charge is 2.33. The minimum absolute atomic E-state index is 0.00347. The van der Waals surface area contributed by atoms with Gasteiger partial charge in [0.15, 0.2) is 18.1 Å². The van der Waals surface area contributed by atoms with Gasteiger partial charge in [0.05, 0.1) is 7.11 Å². The van der Waals surface area contributed by atoms with Crippen LogP contribution < -0.4 is 5.32 Å². The Morgan fingerprint density at radius 1 is 1.44 bits per heavy atom. The molecule has 88 valence electrons. The molecule has 0 aliphatic carbocycles. The van der Waals surface area contributed by atoms with Crippen molar-refractivity contribution in [3.63, 3.8) is 0 Å². The van der Waals surface area contributed by atoms with Crippen molar-refractivity contribution >= 4 is 17.9 Å². The molecule has 0 atom stereocenters. The van der Waals surface area contributed by atoms with Crippen LogP contribution in [0.1, 0.15) is 6.92 Å². The zero-order valence-corrected chi connectivity index (χ0v) is 9.20. The van der Waals surface area contributed by atoms with E-state index in [0.717, 1.165) is 4.90 Å². The van der Waals surface area contributed by atoms with Crippen LogP contribution in [-0.4, -0.2) is 43.6 Å². The van der Waals surface area contributed by atoms with Gasteiger partial charge in [0, 0.05) is 14.0 Å². The molecule has 0 spiro atoms. The fourth-order valence-electron chi connectivity index (χ4n) is 1.09. The monoisotopic (exact) mass is 228 g/mol. The van der Waals surface area contributed by atoms with Crippen molar-refractivity contribution in [1.29, 1.82) is 0 Å². The van der Waals surface area contributed by atoms with Gasteiger partial charge in [0.2, 0.25) is 0 Å². The second-order valence-electron chi connectivity index (χ2n) is 3.08. The molecule has 7 nitrogen and oxygen atoms in total. The van der Waals surface area contributed by atoms with E-state index < -0.39 is 17.9 Å². The van der Waals surface area contributed by atoms with Crippen LogP contribution >= 0.6 is 0 Å². The van der Waals surface area contributed by atoms with Gasteiger partial charge in [-0.2, -0.15) is 0 Å². The first-order valence-corrected chi connectivity index (χ1v) is 4.47. The smallest absolute Gasteiger partial charge is 0.328 e. The van der Waals surface area contributed by atoms with Crippen molar-refractivity contribution in [3.8, 4) is 0 Å². The summed E-state index contributed by atoms with van der Waals surface area (Å²) in [6.45, 7) is 1.04. The zero-order valence-electron chi connectivity index (χ0n) is 9.20. The molecule has 1 saturated heterocycles. The second kappa shape index (κ2) is 4.65. The Bertz CT molecular complexity index is 374. The Morgan fingerprint density at radius 2 is 2.06 bits per heavy atom. The summed E-state index contributed by atoms with van der Waals surface area (Å²) in [7, 11) is 2.66. The van der Waals surface area contributed by atoms with Crippen LogP contribution in [-0.2, 0) is 19.1 Å². The lowest BCUT2D eigenvalue weighted by Crippen LogP contribution is -2.25. The Labute approximate surface area is 92.0 Å². The standard InChI is InChI=1S/C9H12N2O5/c1-5(12)16-4-6(15-3)7-8(13)11(2)9(14)10-7/h4H2,1-3H3,(H,10,14). The molecule has 0 unspecified atom stereocenters. The van der Waals surface area contributed by atoms with Gasteiger partial charge in [0.1, 0.15) is 0 Å². The van der Waals surface area contributed by atoms with Gasteiger partial charge in [-0.3, -0.25) is 19.8 Å². The third kappa shape index (κ3) is 2.30. The molecule has 0 radical (unpaired) electrons. The zero-order chi connectivity index (χ0) is 12.3. The fourth-order valence-corrected chi connectivity index (χ4v) is 1.09. The number of hydrogen-bond acceptors (Lipinski definition) is 5. The molecule has 16 heavy (non-hydrogen) atoms. The maximum atomic E-state index is 11.5. The molecule has 1 fully saturated rings. The van der Waals surface area contributed by atoms with Crippen molar-refractivity contribution in [3.05, 3.63) is 11.5 Å². The summed E-state index contributed by atoms with van der Waals surface area (Å²) in [6.07, 6.45) is 0. The average molecular weight is 228 g/mol. The first-order chi connectivity index (χ1) is 7.47. The van der Waals surface area contributed by atoms with E-state index in [0.29, 0.717) is 0 Å². The maximum absolute atomic E-state index is 11.5. The predicted octanol–water partition coefficient (Wildman–Crippen LogP) is -0.411. The van der Waals surface area contributed by atoms with Crippen molar-refractivity contribution in [2.75, 3.05) is 20.8 Å². The number of methoxy groups -OCH3 is 1. The number of imide groups is 1. The number of urea groups is 1. The van der Waals surface area contributed by atoms with Crippen molar-refractivity contribution in [2.24, 2.45) is 0 Å². The molecule has 3 amide bonds. The largest absolute Gasteiger partial charge is 0.495 e. The minimum Gasteiger partial charge on any atom is -0.495 e. The molecule has 0 aromatic carbocycles. The molecule has 1 rings (SSSR count). The summed E-state index contributed by atoms with van der Waals surface area (Å²) >= 11 is 0. The van der Waals surface area contributed by atoms with Crippen LogP contribution in [0.2, 0.25) is 0 Å². The number of amides is 3. The number of carbonyl (C=O) groups excluding carboxylic acids is 3. The van der Waals surface area contributed by atoms with E-state index in [1.165, 1.54) is 21.1 Å². The summed E-state index contributed by atoms with van der Waals surface area (Å²) in [5, 5.41) is 2.33. The van der Waals surface area contributed by atoms with Gasteiger partial charge < -0.3 is 9.47 Å². The van der Waals surface area contributed by atoms with E-state index in [2.05, 4.69) is 10.1 Å². The van der Waals surface area contributed by atoms with Crippen molar-refractivity contribution in [1.82, 2.24) is 10.2 Å². The molecule has 7 heteroatoms. The summed E-state index contributed by atoms with van der Waals surface area (Å²) in [4.78, 5) is 34.2. The Morgan fingerprint density at radius 3 is 2.44 bits per heavy atom. The van der Waals surface area contributed by atoms with Gasteiger partial charge in [0.25, 0.3) is 5.91 Å². The predicted molar refractivity (Wildman–Crippen MR) is 52.0 cm³/mol. The highest BCUT2D eigenvalue weighted by Crippen LogP contribution is 2.13. The topological polar surface area (TPSA) is 84.9 Å². The molecule has 0 bridgehead atoms. The van der Waals surface area contributed by atoms with E-state index in [9.17, 15) is 14.4 Å². The van der Waals surface area contributed by atoms with Crippen LogP contribution in [0.25, 0.3) is 0 Å². The number of rotatable bonds is 3. The molecule has 0 aromatic heterocycles. The van der Waals surface area contributed by atoms with Crippen LogP contribution in [0, 0.1) is 0 Å². The highest BCUT2D eigenvalue weighted by atomic mass is 16.6. The number of likely N-dealkylation sites (N-methyl/N-ethyl adjacent to an activating group) is 1. The summed E-state index contributed by atoms with van der Waals surface area (Å²) in [5.74, 6) is -0.910. The second-order valence-corrected chi connectivity index (χ2v) is 3.08. The number of nitrogens with zero attached hydrogens (tertiary/aromatic N) is 1.